The zero-order chi connectivity index (χ0) is 15.1. The van der Waals surface area contributed by atoms with Crippen molar-refractivity contribution < 1.29 is 4.74 Å². The zero-order valence-corrected chi connectivity index (χ0v) is 12.7. The lowest BCUT2D eigenvalue weighted by Crippen LogP contribution is -2.23. The average Bonchev–Trinajstić information content (AvgIpc) is 2.53. The van der Waals surface area contributed by atoms with Crippen molar-refractivity contribution in [1.82, 2.24) is 15.0 Å². The van der Waals surface area contributed by atoms with Crippen molar-refractivity contribution in [2.75, 3.05) is 37.5 Å². The Balaban J connectivity index is 2.11. The van der Waals surface area contributed by atoms with E-state index in [1.165, 1.54) is 0 Å². The molecule has 21 heavy (non-hydrogen) atoms. The van der Waals surface area contributed by atoms with Gasteiger partial charge in [0.15, 0.2) is 11.6 Å². The van der Waals surface area contributed by atoms with Crippen LogP contribution in [0, 0.1) is 0 Å². The van der Waals surface area contributed by atoms with Gasteiger partial charge in [-0.05, 0) is 19.1 Å². The van der Waals surface area contributed by atoms with Crippen molar-refractivity contribution in [2.45, 2.75) is 13.3 Å². The molecule has 0 radical (unpaired) electrons. The number of methoxy groups -OCH3 is 1. The Labute approximate surface area is 125 Å². The first-order valence-electron chi connectivity index (χ1n) is 7.00. The van der Waals surface area contributed by atoms with Crippen LogP contribution in [-0.4, -0.2) is 42.2 Å². The minimum absolute atomic E-state index is 0.669. The molecule has 1 N–H and O–H groups in total. The van der Waals surface area contributed by atoms with E-state index in [2.05, 4.69) is 25.2 Å². The van der Waals surface area contributed by atoms with Crippen molar-refractivity contribution >= 4 is 11.6 Å². The van der Waals surface area contributed by atoms with E-state index < -0.39 is 0 Å². The molecule has 0 aliphatic carbocycles. The van der Waals surface area contributed by atoms with Crippen LogP contribution in [0.3, 0.4) is 0 Å². The molecule has 0 bridgehead atoms. The number of likely N-dealkylation sites (N-methyl/N-ethyl adjacent to an activating group) is 1. The summed E-state index contributed by atoms with van der Waals surface area (Å²) in [6, 6.07) is 5.94. The number of aromatic nitrogens is 3. The Morgan fingerprint density at radius 3 is 2.76 bits per heavy atom. The Morgan fingerprint density at radius 1 is 1.24 bits per heavy atom. The van der Waals surface area contributed by atoms with E-state index in [-0.39, 0.29) is 0 Å². The van der Waals surface area contributed by atoms with Gasteiger partial charge in [0.2, 0.25) is 5.75 Å². The number of pyridine rings is 1. The molecule has 0 saturated heterocycles. The Morgan fingerprint density at radius 2 is 2.10 bits per heavy atom. The maximum absolute atomic E-state index is 5.46. The summed E-state index contributed by atoms with van der Waals surface area (Å²) in [5.74, 6) is 2.16. The third-order valence-electron chi connectivity index (χ3n) is 3.12. The lowest BCUT2D eigenvalue weighted by atomic mass is 10.2. The second-order valence-electron chi connectivity index (χ2n) is 4.60. The molecule has 0 aliphatic heterocycles. The van der Waals surface area contributed by atoms with E-state index in [9.17, 15) is 0 Å². The molecule has 2 heterocycles. The molecule has 2 aromatic heterocycles. The van der Waals surface area contributed by atoms with Crippen molar-refractivity contribution in [1.29, 1.82) is 0 Å². The summed E-state index contributed by atoms with van der Waals surface area (Å²) in [5.41, 5.74) is 1.06. The zero-order valence-electron chi connectivity index (χ0n) is 12.7. The second-order valence-corrected chi connectivity index (χ2v) is 4.60. The molecule has 6 nitrogen and oxygen atoms in total. The molecule has 0 aromatic carbocycles. The van der Waals surface area contributed by atoms with Gasteiger partial charge in [-0.3, -0.25) is 4.98 Å². The van der Waals surface area contributed by atoms with E-state index >= 15 is 0 Å². The highest BCUT2D eigenvalue weighted by Crippen LogP contribution is 2.31. The number of ether oxygens (including phenoxy) is 1. The van der Waals surface area contributed by atoms with E-state index in [0.717, 1.165) is 36.8 Å². The molecule has 0 aliphatic rings. The van der Waals surface area contributed by atoms with Crippen molar-refractivity contribution in [3.05, 3.63) is 36.4 Å². The Hall–Kier alpha value is -2.37. The molecule has 2 aromatic rings. The first kappa shape index (κ1) is 15.0. The molecule has 0 unspecified atom stereocenters. The third-order valence-corrected chi connectivity index (χ3v) is 3.12. The molecular formula is C15H21N5O. The van der Waals surface area contributed by atoms with Gasteiger partial charge in [0.1, 0.15) is 6.33 Å². The van der Waals surface area contributed by atoms with Gasteiger partial charge in [-0.2, -0.15) is 0 Å². The largest absolute Gasteiger partial charge is 0.490 e. The van der Waals surface area contributed by atoms with Gasteiger partial charge >= 0.3 is 0 Å². The standard InChI is InChI=1S/C15H21N5O/c1-4-16-14-13(21-3)15(19-11-18-14)20(2)10-8-12-7-5-6-9-17-12/h5-7,9,11H,4,8,10H2,1-3H3,(H,16,18,19). The van der Waals surface area contributed by atoms with E-state index in [1.807, 2.05) is 38.4 Å². The van der Waals surface area contributed by atoms with Crippen LogP contribution in [0.25, 0.3) is 0 Å². The summed E-state index contributed by atoms with van der Waals surface area (Å²) in [6.45, 7) is 3.60. The van der Waals surface area contributed by atoms with Crippen LogP contribution in [0.1, 0.15) is 12.6 Å². The molecule has 0 fully saturated rings. The quantitative estimate of drug-likeness (QED) is 0.840. The first-order valence-corrected chi connectivity index (χ1v) is 7.00. The summed E-state index contributed by atoms with van der Waals surface area (Å²) in [5, 5.41) is 3.18. The van der Waals surface area contributed by atoms with Crippen LogP contribution >= 0.6 is 0 Å². The van der Waals surface area contributed by atoms with Gasteiger partial charge in [0.05, 0.1) is 7.11 Å². The molecule has 0 spiro atoms. The SMILES string of the molecule is CCNc1ncnc(N(C)CCc2ccccn2)c1OC. The predicted molar refractivity (Wildman–Crippen MR) is 84.0 cm³/mol. The van der Waals surface area contributed by atoms with Gasteiger partial charge < -0.3 is 15.0 Å². The topological polar surface area (TPSA) is 63.2 Å². The van der Waals surface area contributed by atoms with Crippen molar-refractivity contribution in [2.24, 2.45) is 0 Å². The molecule has 0 atom stereocenters. The maximum atomic E-state index is 5.46. The van der Waals surface area contributed by atoms with Crippen LogP contribution in [0.2, 0.25) is 0 Å². The highest BCUT2D eigenvalue weighted by Gasteiger charge is 2.15. The van der Waals surface area contributed by atoms with Crippen LogP contribution in [-0.2, 0) is 6.42 Å². The fourth-order valence-electron chi connectivity index (χ4n) is 2.05. The van der Waals surface area contributed by atoms with E-state index in [4.69, 9.17) is 4.74 Å². The Bertz CT molecular complexity index is 561. The monoisotopic (exact) mass is 287 g/mol. The number of hydrogen-bond acceptors (Lipinski definition) is 6. The van der Waals surface area contributed by atoms with Crippen LogP contribution < -0.4 is 15.0 Å². The van der Waals surface area contributed by atoms with Gasteiger partial charge in [-0.15, -0.1) is 0 Å². The number of rotatable bonds is 7. The molecular weight excluding hydrogens is 266 g/mol. The highest BCUT2D eigenvalue weighted by molar-refractivity contribution is 5.64. The first-order chi connectivity index (χ1) is 10.3. The lowest BCUT2D eigenvalue weighted by Gasteiger charge is -2.21. The van der Waals surface area contributed by atoms with Crippen LogP contribution in [0.15, 0.2) is 30.7 Å². The third kappa shape index (κ3) is 3.81. The highest BCUT2D eigenvalue weighted by atomic mass is 16.5. The van der Waals surface area contributed by atoms with E-state index in [1.54, 1.807) is 13.4 Å². The van der Waals surface area contributed by atoms with Gasteiger partial charge in [0, 0.05) is 38.4 Å². The van der Waals surface area contributed by atoms with Crippen LogP contribution in [0.5, 0.6) is 5.75 Å². The molecule has 2 rings (SSSR count). The summed E-state index contributed by atoms with van der Waals surface area (Å²) in [6.07, 6.45) is 4.21. The minimum atomic E-state index is 0.669. The number of anilines is 2. The van der Waals surface area contributed by atoms with E-state index in [0.29, 0.717) is 5.75 Å². The Kier molecular flexibility index (Phi) is 5.31. The molecule has 6 heteroatoms. The lowest BCUT2D eigenvalue weighted by molar-refractivity contribution is 0.413. The van der Waals surface area contributed by atoms with Crippen molar-refractivity contribution in [3.63, 3.8) is 0 Å². The molecule has 112 valence electrons. The average molecular weight is 287 g/mol. The van der Waals surface area contributed by atoms with Crippen LogP contribution in [0.4, 0.5) is 11.6 Å². The smallest absolute Gasteiger partial charge is 0.204 e. The summed E-state index contributed by atoms with van der Waals surface area (Å²) in [4.78, 5) is 14.9. The normalized spacial score (nSPS) is 10.2. The summed E-state index contributed by atoms with van der Waals surface area (Å²) < 4.78 is 5.46. The molecule has 0 saturated carbocycles. The maximum Gasteiger partial charge on any atom is 0.204 e. The van der Waals surface area contributed by atoms with Gasteiger partial charge in [-0.25, -0.2) is 9.97 Å². The van der Waals surface area contributed by atoms with Gasteiger partial charge in [-0.1, -0.05) is 6.07 Å². The second kappa shape index (κ2) is 7.42. The summed E-state index contributed by atoms with van der Waals surface area (Å²) >= 11 is 0. The fraction of sp³-hybridized carbons (Fsp3) is 0.400. The minimum Gasteiger partial charge on any atom is -0.490 e. The van der Waals surface area contributed by atoms with Crippen molar-refractivity contribution in [3.8, 4) is 5.75 Å². The predicted octanol–water partition coefficient (Wildman–Crippen LogP) is 1.99. The number of nitrogens with zero attached hydrogens (tertiary/aromatic N) is 4. The fourth-order valence-corrected chi connectivity index (χ4v) is 2.05. The number of hydrogen-bond donors (Lipinski definition) is 1. The number of nitrogens with one attached hydrogen (secondary N) is 1. The summed E-state index contributed by atoms with van der Waals surface area (Å²) in [7, 11) is 3.62. The molecule has 0 amide bonds. The van der Waals surface area contributed by atoms with Gasteiger partial charge in [0.25, 0.3) is 0 Å².